The molecule has 1 fully saturated rings. The van der Waals surface area contributed by atoms with Gasteiger partial charge in [0.05, 0.1) is 17.8 Å². The maximum absolute atomic E-state index is 5.92. The molecule has 3 heterocycles. The van der Waals surface area contributed by atoms with Crippen molar-refractivity contribution in [2.24, 2.45) is 0 Å². The van der Waals surface area contributed by atoms with Gasteiger partial charge in [-0.2, -0.15) is 0 Å². The first kappa shape index (κ1) is 23.6. The topological polar surface area (TPSA) is 36.3 Å². The minimum Gasteiger partial charge on any atom is -0.378 e. The number of aromatic nitrogens is 2. The molecule has 4 aromatic rings. The van der Waals surface area contributed by atoms with Crippen molar-refractivity contribution in [1.82, 2.24) is 14.9 Å². The Labute approximate surface area is 220 Å². The van der Waals surface area contributed by atoms with Gasteiger partial charge in [0.25, 0.3) is 0 Å². The van der Waals surface area contributed by atoms with Crippen LogP contribution in [0.4, 0.5) is 11.4 Å². The van der Waals surface area contributed by atoms with E-state index >= 15 is 0 Å². The molecule has 5 rings (SSSR count). The average Bonchev–Trinajstić information content (AvgIpc) is 3.35. The quantitative estimate of drug-likeness (QED) is 0.290. The lowest BCUT2D eigenvalue weighted by molar-refractivity contribution is 0.565. The SMILES string of the molecule is Cc1cc([C@H]2[C@H](c3ccccn3)NC(=S)N2c2ccc(N(C)C)cc2)c(C)n1-c1ccc(Br)cc1. The first-order chi connectivity index (χ1) is 16.8. The molecule has 2 atom stereocenters. The molecule has 0 radical (unpaired) electrons. The Morgan fingerprint density at radius 2 is 1.63 bits per heavy atom. The fraction of sp³-hybridized carbons (Fsp3) is 0.214. The molecule has 0 amide bonds. The third-order valence-electron chi connectivity index (χ3n) is 6.62. The number of anilines is 2. The van der Waals surface area contributed by atoms with Gasteiger partial charge in [0.2, 0.25) is 0 Å². The van der Waals surface area contributed by atoms with Crippen LogP contribution in [0.25, 0.3) is 5.69 Å². The summed E-state index contributed by atoms with van der Waals surface area (Å²) in [6, 6.07) is 25.2. The van der Waals surface area contributed by atoms with Gasteiger partial charge in [-0.05, 0) is 98.4 Å². The molecule has 1 N–H and O–H groups in total. The van der Waals surface area contributed by atoms with Gasteiger partial charge < -0.3 is 19.7 Å². The monoisotopic (exact) mass is 545 g/mol. The van der Waals surface area contributed by atoms with Crippen LogP contribution in [0.3, 0.4) is 0 Å². The van der Waals surface area contributed by atoms with E-state index < -0.39 is 0 Å². The van der Waals surface area contributed by atoms with Crippen LogP contribution in [-0.2, 0) is 0 Å². The van der Waals surface area contributed by atoms with E-state index in [1.165, 1.54) is 17.0 Å². The summed E-state index contributed by atoms with van der Waals surface area (Å²) < 4.78 is 3.38. The summed E-state index contributed by atoms with van der Waals surface area (Å²) in [6.07, 6.45) is 1.84. The first-order valence-electron chi connectivity index (χ1n) is 11.6. The van der Waals surface area contributed by atoms with Gasteiger partial charge in [-0.15, -0.1) is 0 Å². The lowest BCUT2D eigenvalue weighted by atomic mass is 9.96. The molecule has 0 saturated carbocycles. The number of halogens is 1. The molecule has 2 aromatic carbocycles. The number of hydrogen-bond acceptors (Lipinski definition) is 3. The van der Waals surface area contributed by atoms with Gasteiger partial charge in [-0.25, -0.2) is 0 Å². The number of nitrogens with one attached hydrogen (secondary N) is 1. The van der Waals surface area contributed by atoms with E-state index in [9.17, 15) is 0 Å². The maximum atomic E-state index is 5.92. The third-order valence-corrected chi connectivity index (χ3v) is 7.46. The van der Waals surface area contributed by atoms with Crippen LogP contribution in [0.5, 0.6) is 0 Å². The van der Waals surface area contributed by atoms with Gasteiger partial charge in [0.1, 0.15) is 0 Å². The third kappa shape index (κ3) is 4.34. The number of aryl methyl sites for hydroxylation is 1. The molecule has 35 heavy (non-hydrogen) atoms. The Balaban J connectivity index is 1.65. The number of thiocarbonyl (C=S) groups is 1. The zero-order valence-electron chi connectivity index (χ0n) is 20.2. The normalized spacial score (nSPS) is 17.5. The Bertz CT molecular complexity index is 1350. The molecule has 0 bridgehead atoms. The van der Waals surface area contributed by atoms with E-state index in [0.717, 1.165) is 27.2 Å². The Morgan fingerprint density at radius 1 is 0.943 bits per heavy atom. The Kier molecular flexibility index (Phi) is 6.38. The number of benzene rings is 2. The number of hydrogen-bond donors (Lipinski definition) is 1. The van der Waals surface area contributed by atoms with E-state index in [1.54, 1.807) is 0 Å². The zero-order valence-corrected chi connectivity index (χ0v) is 22.6. The summed E-state index contributed by atoms with van der Waals surface area (Å²) in [6.45, 7) is 4.35. The fourth-order valence-electron chi connectivity index (χ4n) is 4.93. The van der Waals surface area contributed by atoms with Crippen molar-refractivity contribution in [3.05, 3.63) is 106 Å². The van der Waals surface area contributed by atoms with Crippen molar-refractivity contribution in [3.8, 4) is 5.69 Å². The smallest absolute Gasteiger partial charge is 0.174 e. The van der Waals surface area contributed by atoms with Crippen molar-refractivity contribution >= 4 is 44.6 Å². The minimum absolute atomic E-state index is 0.0435. The molecule has 0 aliphatic carbocycles. The van der Waals surface area contributed by atoms with Crippen LogP contribution in [0.2, 0.25) is 0 Å². The highest BCUT2D eigenvalue weighted by Gasteiger charge is 2.42. The minimum atomic E-state index is -0.0731. The highest BCUT2D eigenvalue weighted by atomic mass is 79.9. The van der Waals surface area contributed by atoms with Crippen molar-refractivity contribution in [2.75, 3.05) is 23.9 Å². The van der Waals surface area contributed by atoms with Gasteiger partial charge in [0, 0.05) is 53.2 Å². The molecule has 1 aliphatic rings. The summed E-state index contributed by atoms with van der Waals surface area (Å²) in [5, 5.41) is 4.28. The molecule has 2 aromatic heterocycles. The van der Waals surface area contributed by atoms with Gasteiger partial charge in [-0.3, -0.25) is 4.98 Å². The van der Waals surface area contributed by atoms with Crippen LogP contribution in [0.15, 0.2) is 83.5 Å². The summed E-state index contributed by atoms with van der Waals surface area (Å²) >= 11 is 9.47. The van der Waals surface area contributed by atoms with E-state index in [0.29, 0.717) is 5.11 Å². The summed E-state index contributed by atoms with van der Waals surface area (Å²) in [5.74, 6) is 0. The molecule has 5 nitrogen and oxygen atoms in total. The molecular formula is C28H28BrN5S. The van der Waals surface area contributed by atoms with Crippen LogP contribution < -0.4 is 15.1 Å². The highest BCUT2D eigenvalue weighted by molar-refractivity contribution is 9.10. The van der Waals surface area contributed by atoms with Gasteiger partial charge in [0.15, 0.2) is 5.11 Å². The standard InChI is InChI=1S/C28H28BrN5S/c1-18-17-24(19(2)33(18)22-10-8-20(29)9-11-22)27-26(25-7-5-6-16-30-25)31-28(35)34(27)23-14-12-21(13-15-23)32(3)4/h5-17,26-27H,1-4H3,(H,31,35)/t26-,27-/m0/s1. The van der Waals surface area contributed by atoms with E-state index in [2.05, 4.69) is 110 Å². The van der Waals surface area contributed by atoms with Gasteiger partial charge in [-0.1, -0.05) is 22.0 Å². The van der Waals surface area contributed by atoms with Crippen LogP contribution in [0, 0.1) is 13.8 Å². The zero-order chi connectivity index (χ0) is 24.7. The summed E-state index contributed by atoms with van der Waals surface area (Å²) in [4.78, 5) is 9.04. The van der Waals surface area contributed by atoms with Crippen molar-refractivity contribution in [3.63, 3.8) is 0 Å². The molecule has 0 unspecified atom stereocenters. The molecule has 1 saturated heterocycles. The summed E-state index contributed by atoms with van der Waals surface area (Å²) in [7, 11) is 4.10. The molecule has 0 spiro atoms. The van der Waals surface area contributed by atoms with Crippen molar-refractivity contribution in [2.45, 2.75) is 25.9 Å². The fourth-order valence-corrected chi connectivity index (χ4v) is 5.55. The lowest BCUT2D eigenvalue weighted by Gasteiger charge is -2.28. The first-order valence-corrected chi connectivity index (χ1v) is 12.8. The molecule has 1 aliphatic heterocycles. The van der Waals surface area contributed by atoms with Crippen LogP contribution >= 0.6 is 28.1 Å². The second-order valence-corrected chi connectivity index (χ2v) is 10.3. The van der Waals surface area contributed by atoms with E-state index in [4.69, 9.17) is 17.2 Å². The number of nitrogens with zero attached hydrogens (tertiary/aromatic N) is 4. The lowest BCUT2D eigenvalue weighted by Crippen LogP contribution is -2.29. The van der Waals surface area contributed by atoms with Gasteiger partial charge >= 0.3 is 0 Å². The number of rotatable bonds is 5. The van der Waals surface area contributed by atoms with E-state index in [-0.39, 0.29) is 12.1 Å². The highest BCUT2D eigenvalue weighted by Crippen LogP contribution is 2.44. The summed E-state index contributed by atoms with van der Waals surface area (Å²) in [5.41, 5.74) is 7.92. The Morgan fingerprint density at radius 3 is 2.26 bits per heavy atom. The van der Waals surface area contributed by atoms with Crippen molar-refractivity contribution < 1.29 is 0 Å². The van der Waals surface area contributed by atoms with Crippen molar-refractivity contribution in [1.29, 1.82) is 0 Å². The Hall–Kier alpha value is -3.16. The maximum Gasteiger partial charge on any atom is 0.174 e. The predicted octanol–water partition coefficient (Wildman–Crippen LogP) is 6.49. The van der Waals surface area contributed by atoms with E-state index in [1.807, 2.05) is 32.4 Å². The largest absolute Gasteiger partial charge is 0.378 e. The molecular weight excluding hydrogens is 518 g/mol. The second kappa shape index (κ2) is 9.47. The molecule has 178 valence electrons. The average molecular weight is 547 g/mol. The molecule has 7 heteroatoms. The number of pyridine rings is 1. The predicted molar refractivity (Wildman–Crippen MR) is 152 cm³/mol. The second-order valence-electron chi connectivity index (χ2n) is 9.05. The van der Waals surface area contributed by atoms with Crippen LogP contribution in [0.1, 0.15) is 34.7 Å². The van der Waals surface area contributed by atoms with Crippen LogP contribution in [-0.4, -0.2) is 28.8 Å².